The minimum Gasteiger partial charge on any atom is -0.457 e. The molecule has 6 heteroatoms. The molecule has 3 rings (SSSR count). The van der Waals surface area contributed by atoms with Crippen molar-refractivity contribution >= 4 is 11.6 Å². The second kappa shape index (κ2) is 4.57. The maximum atomic E-state index is 13.1. The quantitative estimate of drug-likeness (QED) is 0.886. The number of ether oxygens (including phenoxy) is 1. The van der Waals surface area contributed by atoms with E-state index < -0.39 is 17.7 Å². The lowest BCUT2D eigenvalue weighted by Gasteiger charge is -2.08. The number of fused-ring (bicyclic) bond motifs is 1. The zero-order valence-corrected chi connectivity index (χ0v) is 10.2. The van der Waals surface area contributed by atoms with E-state index in [2.05, 4.69) is 5.32 Å². The summed E-state index contributed by atoms with van der Waals surface area (Å²) in [6, 6.07) is 7.41. The molecular weight excluding hydrogens is 266 g/mol. The Balaban J connectivity index is 1.87. The summed E-state index contributed by atoms with van der Waals surface area (Å²) in [6.45, 7) is 0. The molecule has 102 valence electrons. The van der Waals surface area contributed by atoms with Gasteiger partial charge in [-0.25, -0.2) is 8.78 Å². The fraction of sp³-hybridized carbons (Fsp3) is 0.0714. The largest absolute Gasteiger partial charge is 0.457 e. The topological polar surface area (TPSA) is 64.4 Å². The number of halogens is 2. The van der Waals surface area contributed by atoms with Crippen molar-refractivity contribution in [2.24, 2.45) is 5.73 Å². The van der Waals surface area contributed by atoms with Crippen LogP contribution in [-0.2, 0) is 4.79 Å². The van der Waals surface area contributed by atoms with Crippen LogP contribution in [-0.4, -0.2) is 5.91 Å². The van der Waals surface area contributed by atoms with Gasteiger partial charge in [0.05, 0.1) is 0 Å². The van der Waals surface area contributed by atoms with Gasteiger partial charge < -0.3 is 15.8 Å². The van der Waals surface area contributed by atoms with E-state index in [4.69, 9.17) is 10.5 Å². The van der Waals surface area contributed by atoms with Crippen LogP contribution in [0.1, 0.15) is 11.6 Å². The Morgan fingerprint density at radius 1 is 1.05 bits per heavy atom. The highest BCUT2D eigenvalue weighted by Gasteiger charge is 2.27. The molecule has 0 aromatic heterocycles. The van der Waals surface area contributed by atoms with Gasteiger partial charge in [-0.3, -0.25) is 4.79 Å². The van der Waals surface area contributed by atoms with Crippen molar-refractivity contribution in [2.75, 3.05) is 5.32 Å². The van der Waals surface area contributed by atoms with Crippen LogP contribution in [0.15, 0.2) is 36.4 Å². The summed E-state index contributed by atoms with van der Waals surface area (Å²) in [5.74, 6) is -1.66. The third kappa shape index (κ3) is 2.10. The van der Waals surface area contributed by atoms with E-state index in [9.17, 15) is 13.6 Å². The average molecular weight is 276 g/mol. The molecule has 1 aliphatic rings. The summed E-state index contributed by atoms with van der Waals surface area (Å²) in [6.07, 6.45) is 0. The van der Waals surface area contributed by atoms with Gasteiger partial charge in [0.2, 0.25) is 5.91 Å². The Bertz CT molecular complexity index is 704. The second-order valence-corrected chi connectivity index (χ2v) is 4.39. The van der Waals surface area contributed by atoms with E-state index in [1.165, 1.54) is 6.07 Å². The molecule has 2 aromatic carbocycles. The molecule has 1 heterocycles. The highest BCUT2D eigenvalue weighted by atomic mass is 19.2. The second-order valence-electron chi connectivity index (χ2n) is 4.39. The lowest BCUT2D eigenvalue weighted by molar-refractivity contribution is -0.116. The number of rotatable bonds is 2. The number of hydrogen-bond donors (Lipinski definition) is 2. The fourth-order valence-electron chi connectivity index (χ4n) is 2.01. The van der Waals surface area contributed by atoms with E-state index in [1.807, 2.05) is 0 Å². The van der Waals surface area contributed by atoms with Gasteiger partial charge in [-0.15, -0.1) is 0 Å². The fourth-order valence-corrected chi connectivity index (χ4v) is 2.01. The molecule has 2 aromatic rings. The highest BCUT2D eigenvalue weighted by Crippen LogP contribution is 2.34. The molecule has 1 unspecified atom stereocenters. The maximum absolute atomic E-state index is 13.1. The van der Waals surface area contributed by atoms with Crippen molar-refractivity contribution in [3.63, 3.8) is 0 Å². The molecule has 0 saturated heterocycles. The molecular formula is C14H10F2N2O2. The first kappa shape index (κ1) is 12.6. The first-order valence-electron chi connectivity index (χ1n) is 5.88. The number of carbonyl (C=O) groups is 1. The van der Waals surface area contributed by atoms with Crippen LogP contribution in [0.3, 0.4) is 0 Å². The summed E-state index contributed by atoms with van der Waals surface area (Å²) >= 11 is 0. The van der Waals surface area contributed by atoms with Gasteiger partial charge >= 0.3 is 0 Å². The molecule has 4 nitrogen and oxygen atoms in total. The summed E-state index contributed by atoms with van der Waals surface area (Å²) in [5, 5.41) is 2.62. The zero-order valence-electron chi connectivity index (χ0n) is 10.2. The molecule has 0 saturated carbocycles. The van der Waals surface area contributed by atoms with Gasteiger partial charge in [-0.05, 0) is 18.2 Å². The molecule has 0 aliphatic carbocycles. The Hall–Kier alpha value is -2.47. The van der Waals surface area contributed by atoms with Crippen LogP contribution in [0.25, 0.3) is 0 Å². The normalized spacial score (nSPS) is 16.8. The Labute approximate surface area is 113 Å². The van der Waals surface area contributed by atoms with Crippen molar-refractivity contribution in [1.82, 2.24) is 0 Å². The average Bonchev–Trinajstić information content (AvgIpc) is 2.69. The summed E-state index contributed by atoms with van der Waals surface area (Å²) in [7, 11) is 0. The third-order valence-electron chi connectivity index (χ3n) is 3.03. The van der Waals surface area contributed by atoms with Crippen LogP contribution >= 0.6 is 0 Å². The van der Waals surface area contributed by atoms with Crippen LogP contribution in [0.2, 0.25) is 0 Å². The smallest absolute Gasteiger partial charge is 0.245 e. The molecule has 1 amide bonds. The highest BCUT2D eigenvalue weighted by molar-refractivity contribution is 6.02. The minimum atomic E-state index is -0.987. The molecule has 0 radical (unpaired) electrons. The lowest BCUT2D eigenvalue weighted by atomic mass is 10.1. The molecule has 1 aliphatic heterocycles. The van der Waals surface area contributed by atoms with Crippen LogP contribution in [0, 0.1) is 11.6 Å². The summed E-state index contributed by atoms with van der Waals surface area (Å²) < 4.78 is 31.3. The van der Waals surface area contributed by atoms with Crippen molar-refractivity contribution in [1.29, 1.82) is 0 Å². The van der Waals surface area contributed by atoms with E-state index >= 15 is 0 Å². The van der Waals surface area contributed by atoms with Crippen molar-refractivity contribution in [3.8, 4) is 11.5 Å². The van der Waals surface area contributed by atoms with Crippen LogP contribution < -0.4 is 15.8 Å². The van der Waals surface area contributed by atoms with Gasteiger partial charge in [0.1, 0.15) is 17.5 Å². The van der Waals surface area contributed by atoms with Gasteiger partial charge in [0.25, 0.3) is 0 Å². The Kier molecular flexibility index (Phi) is 2.87. The van der Waals surface area contributed by atoms with Crippen LogP contribution in [0.4, 0.5) is 14.5 Å². The first-order valence-corrected chi connectivity index (χ1v) is 5.88. The van der Waals surface area contributed by atoms with Crippen molar-refractivity contribution in [2.45, 2.75) is 6.04 Å². The molecule has 0 bridgehead atoms. The SMILES string of the molecule is NC1C(=O)Nc2cc(Oc3ccc(F)c(F)c3)ccc21. The first-order chi connectivity index (χ1) is 9.54. The van der Waals surface area contributed by atoms with Crippen molar-refractivity contribution in [3.05, 3.63) is 53.6 Å². The van der Waals surface area contributed by atoms with E-state index in [0.29, 0.717) is 17.0 Å². The predicted octanol–water partition coefficient (Wildman–Crippen LogP) is 2.71. The molecule has 20 heavy (non-hydrogen) atoms. The summed E-state index contributed by atoms with van der Waals surface area (Å²) in [4.78, 5) is 11.4. The third-order valence-corrected chi connectivity index (χ3v) is 3.03. The molecule has 3 N–H and O–H groups in total. The monoisotopic (exact) mass is 276 g/mol. The van der Waals surface area contributed by atoms with Gasteiger partial charge in [0.15, 0.2) is 11.6 Å². The van der Waals surface area contributed by atoms with Crippen LogP contribution in [0.5, 0.6) is 11.5 Å². The van der Waals surface area contributed by atoms with Crippen molar-refractivity contribution < 1.29 is 18.3 Å². The van der Waals surface area contributed by atoms with E-state index in [-0.39, 0.29) is 11.7 Å². The van der Waals surface area contributed by atoms with Gasteiger partial charge in [-0.1, -0.05) is 6.07 Å². The number of anilines is 1. The lowest BCUT2D eigenvalue weighted by Crippen LogP contribution is -2.19. The van der Waals surface area contributed by atoms with E-state index in [0.717, 1.165) is 12.1 Å². The molecule has 0 spiro atoms. The molecule has 1 atom stereocenters. The number of hydrogen-bond acceptors (Lipinski definition) is 3. The number of nitrogens with one attached hydrogen (secondary N) is 1. The van der Waals surface area contributed by atoms with Gasteiger partial charge in [0, 0.05) is 23.4 Å². The molecule has 0 fully saturated rings. The van der Waals surface area contributed by atoms with E-state index in [1.54, 1.807) is 18.2 Å². The number of carbonyl (C=O) groups excluding carboxylic acids is 1. The zero-order chi connectivity index (χ0) is 14.3. The minimum absolute atomic E-state index is 0.164. The standard InChI is InChI=1S/C14H10F2N2O2/c15-10-4-2-7(5-11(10)16)20-8-1-3-9-12(6-8)18-14(19)13(9)17/h1-6,13H,17H2,(H,18,19). The number of benzene rings is 2. The summed E-state index contributed by atoms with van der Waals surface area (Å²) in [5.41, 5.74) is 6.92. The Morgan fingerprint density at radius 2 is 1.75 bits per heavy atom. The number of amides is 1. The number of nitrogens with two attached hydrogens (primary N) is 1. The van der Waals surface area contributed by atoms with Gasteiger partial charge in [-0.2, -0.15) is 0 Å². The Morgan fingerprint density at radius 3 is 2.50 bits per heavy atom. The predicted molar refractivity (Wildman–Crippen MR) is 68.4 cm³/mol. The maximum Gasteiger partial charge on any atom is 0.245 e.